The van der Waals surface area contributed by atoms with Crippen molar-refractivity contribution in [2.24, 2.45) is 0 Å². The average Bonchev–Trinajstić information content (AvgIpc) is 3.17. The van der Waals surface area contributed by atoms with Crippen molar-refractivity contribution in [3.8, 4) is 17.3 Å². The fraction of sp³-hybridized carbons (Fsp3) is 0.316. The molecule has 1 aromatic heterocycles. The number of carbonyl (C=O) groups is 1. The first-order valence-corrected chi connectivity index (χ1v) is 9.22. The number of fused-ring (bicyclic) bond motifs is 2. The predicted octanol–water partition coefficient (Wildman–Crippen LogP) is 3.87. The lowest BCUT2D eigenvalue weighted by Gasteiger charge is -2.21. The lowest BCUT2D eigenvalue weighted by atomic mass is 9.95. The summed E-state index contributed by atoms with van der Waals surface area (Å²) in [5.41, 5.74) is 1.99. The fourth-order valence-corrected chi connectivity index (χ4v) is 4.52. The molecule has 1 amide bonds. The van der Waals surface area contributed by atoms with Gasteiger partial charge in [-0.3, -0.25) is 9.78 Å². The normalized spacial score (nSPS) is 23.7. The predicted molar refractivity (Wildman–Crippen MR) is 99.8 cm³/mol. The van der Waals surface area contributed by atoms with Crippen LogP contribution in [0, 0.1) is 11.5 Å². The Morgan fingerprint density at radius 1 is 1.19 bits per heavy atom. The maximum atomic E-state index is 12.7. The Hall–Kier alpha value is -2.29. The Labute approximate surface area is 161 Å². The summed E-state index contributed by atoms with van der Waals surface area (Å²) in [4.78, 5) is 18.7. The molecule has 7 heteroatoms. The third-order valence-corrected chi connectivity index (χ3v) is 5.59. The lowest BCUT2D eigenvalue weighted by molar-refractivity contribution is 0.0923. The Morgan fingerprint density at radius 3 is 2.65 bits per heavy atom. The molecule has 4 rings (SSSR count). The molecule has 26 heavy (non-hydrogen) atoms. The summed E-state index contributed by atoms with van der Waals surface area (Å²) in [5.74, 6) is -0.226. The van der Waals surface area contributed by atoms with Gasteiger partial charge < -0.3 is 10.2 Å². The van der Waals surface area contributed by atoms with Crippen LogP contribution in [0.2, 0.25) is 10.0 Å². The van der Waals surface area contributed by atoms with E-state index in [4.69, 9.17) is 23.2 Å². The van der Waals surface area contributed by atoms with Crippen molar-refractivity contribution in [2.75, 3.05) is 0 Å². The van der Waals surface area contributed by atoms with Crippen LogP contribution in [-0.2, 0) is 0 Å². The van der Waals surface area contributed by atoms with Gasteiger partial charge in [-0.2, -0.15) is 5.26 Å². The minimum Gasteiger partial charge on any atom is -0.346 e. The summed E-state index contributed by atoms with van der Waals surface area (Å²) in [6.07, 6.45) is 6.63. The number of rotatable bonds is 3. The molecule has 2 bridgehead atoms. The average molecular weight is 387 g/mol. The monoisotopic (exact) mass is 386 g/mol. The van der Waals surface area contributed by atoms with Crippen LogP contribution >= 0.6 is 23.2 Å². The van der Waals surface area contributed by atoms with Gasteiger partial charge in [0.1, 0.15) is 5.69 Å². The molecule has 2 aliphatic heterocycles. The number of halogens is 2. The molecule has 5 nitrogen and oxygen atoms in total. The van der Waals surface area contributed by atoms with Gasteiger partial charge in [0.2, 0.25) is 0 Å². The summed E-state index contributed by atoms with van der Waals surface area (Å²) < 4.78 is 0. The zero-order valence-electron chi connectivity index (χ0n) is 13.8. The summed E-state index contributed by atoms with van der Waals surface area (Å²) in [5, 5.41) is 13.4. The minimum absolute atomic E-state index is 0.00743. The van der Waals surface area contributed by atoms with E-state index in [9.17, 15) is 10.1 Å². The maximum Gasteiger partial charge on any atom is 0.270 e. The van der Waals surface area contributed by atoms with Crippen LogP contribution in [0.15, 0.2) is 36.5 Å². The van der Waals surface area contributed by atoms with Gasteiger partial charge in [-0.15, -0.1) is 0 Å². The number of pyridine rings is 1. The van der Waals surface area contributed by atoms with Gasteiger partial charge in [0, 0.05) is 22.3 Å². The standard InChI is InChI=1S/C19H16Cl2N4O/c20-13-5-12(6-14(21)8-13)11-3-4-23-17(7-11)19(26)24-16-9-15-1-2-18(16)25(15)10-22/h3-8,15-16,18H,1-2,9H2,(H,24,26)/t15-,16+,18+/m0/s1. The number of aromatic nitrogens is 1. The van der Waals surface area contributed by atoms with Gasteiger partial charge in [-0.05, 0) is 60.7 Å². The molecule has 1 aromatic carbocycles. The van der Waals surface area contributed by atoms with Gasteiger partial charge >= 0.3 is 0 Å². The van der Waals surface area contributed by atoms with Crippen molar-refractivity contribution in [3.05, 3.63) is 52.3 Å². The summed E-state index contributed by atoms with van der Waals surface area (Å²) >= 11 is 12.1. The summed E-state index contributed by atoms with van der Waals surface area (Å²) in [6, 6.07) is 9.15. The van der Waals surface area contributed by atoms with Crippen molar-refractivity contribution in [1.29, 1.82) is 5.26 Å². The van der Waals surface area contributed by atoms with Gasteiger partial charge in [0.15, 0.2) is 6.19 Å². The van der Waals surface area contributed by atoms with Crippen molar-refractivity contribution < 1.29 is 4.79 Å². The molecule has 1 N–H and O–H groups in total. The van der Waals surface area contributed by atoms with Crippen molar-refractivity contribution in [2.45, 2.75) is 37.4 Å². The highest BCUT2D eigenvalue weighted by Gasteiger charge is 2.46. The van der Waals surface area contributed by atoms with Gasteiger partial charge in [-0.1, -0.05) is 23.2 Å². The van der Waals surface area contributed by atoms with Crippen molar-refractivity contribution in [3.63, 3.8) is 0 Å². The van der Waals surface area contributed by atoms with Gasteiger partial charge in [0.05, 0.1) is 12.1 Å². The SMILES string of the molecule is N#CN1[C@H]2CC[C@@H]1[C@H](NC(=O)c1cc(-c3cc(Cl)cc(Cl)c3)ccn1)C2. The maximum absolute atomic E-state index is 12.7. The van der Waals surface area contributed by atoms with E-state index >= 15 is 0 Å². The van der Waals surface area contributed by atoms with Crippen molar-refractivity contribution >= 4 is 29.1 Å². The Bertz CT molecular complexity index is 890. The Kier molecular flexibility index (Phi) is 4.47. The molecule has 2 saturated heterocycles. The molecule has 3 heterocycles. The van der Waals surface area contributed by atoms with Gasteiger partial charge in [0.25, 0.3) is 5.91 Å². The highest BCUT2D eigenvalue weighted by molar-refractivity contribution is 6.35. The number of nitrogens with zero attached hydrogens (tertiary/aromatic N) is 3. The molecule has 0 unspecified atom stereocenters. The van der Waals surface area contributed by atoms with Crippen LogP contribution in [0.1, 0.15) is 29.8 Å². The molecule has 2 fully saturated rings. The highest BCUT2D eigenvalue weighted by atomic mass is 35.5. The molecule has 2 aliphatic rings. The quantitative estimate of drug-likeness (QED) is 0.812. The summed E-state index contributed by atoms with van der Waals surface area (Å²) in [7, 11) is 0. The zero-order chi connectivity index (χ0) is 18.3. The zero-order valence-corrected chi connectivity index (χ0v) is 15.3. The molecule has 0 radical (unpaired) electrons. The van der Waals surface area contributed by atoms with Crippen LogP contribution in [0.5, 0.6) is 0 Å². The molecular weight excluding hydrogens is 371 g/mol. The number of carbonyl (C=O) groups excluding carboxylic acids is 1. The largest absolute Gasteiger partial charge is 0.346 e. The second-order valence-corrected chi connectivity index (χ2v) is 7.58. The molecule has 0 saturated carbocycles. The number of hydrogen-bond donors (Lipinski definition) is 1. The highest BCUT2D eigenvalue weighted by Crippen LogP contribution is 2.37. The van der Waals surface area contributed by atoms with E-state index in [1.165, 1.54) is 0 Å². The van der Waals surface area contributed by atoms with E-state index in [1.807, 2.05) is 11.0 Å². The van der Waals surface area contributed by atoms with E-state index in [-0.39, 0.29) is 24.0 Å². The summed E-state index contributed by atoms with van der Waals surface area (Å²) in [6.45, 7) is 0. The van der Waals surface area contributed by atoms with Crippen LogP contribution < -0.4 is 5.32 Å². The third kappa shape index (κ3) is 3.11. The number of nitriles is 1. The number of hydrogen-bond acceptors (Lipinski definition) is 4. The van der Waals surface area contributed by atoms with E-state index in [2.05, 4.69) is 16.5 Å². The third-order valence-electron chi connectivity index (χ3n) is 5.16. The fourth-order valence-electron chi connectivity index (χ4n) is 4.00. The van der Waals surface area contributed by atoms with Crippen LogP contribution in [0.25, 0.3) is 11.1 Å². The Morgan fingerprint density at radius 2 is 1.96 bits per heavy atom. The molecule has 0 spiro atoms. The van der Waals surface area contributed by atoms with E-state index < -0.39 is 0 Å². The topological polar surface area (TPSA) is 69.0 Å². The van der Waals surface area contributed by atoms with E-state index in [0.29, 0.717) is 15.7 Å². The van der Waals surface area contributed by atoms with Gasteiger partial charge in [-0.25, -0.2) is 0 Å². The molecule has 0 aliphatic carbocycles. The number of nitrogens with one attached hydrogen (secondary N) is 1. The first-order valence-electron chi connectivity index (χ1n) is 8.46. The second kappa shape index (κ2) is 6.79. The minimum atomic E-state index is -0.226. The van der Waals surface area contributed by atoms with E-state index in [1.54, 1.807) is 30.5 Å². The van der Waals surface area contributed by atoms with Crippen LogP contribution in [-0.4, -0.2) is 33.9 Å². The number of amides is 1. The molecule has 2 aromatic rings. The van der Waals surface area contributed by atoms with Crippen molar-refractivity contribution in [1.82, 2.24) is 15.2 Å². The molecular formula is C19H16Cl2N4O. The van der Waals surface area contributed by atoms with E-state index in [0.717, 1.165) is 30.4 Å². The molecule has 132 valence electrons. The lowest BCUT2D eigenvalue weighted by Crippen LogP contribution is -2.43. The second-order valence-electron chi connectivity index (χ2n) is 6.71. The smallest absolute Gasteiger partial charge is 0.270 e. The number of benzene rings is 1. The Balaban J connectivity index is 1.53. The van der Waals surface area contributed by atoms with Crippen LogP contribution in [0.3, 0.4) is 0 Å². The van der Waals surface area contributed by atoms with Crippen LogP contribution in [0.4, 0.5) is 0 Å². The first-order chi connectivity index (χ1) is 12.5. The first kappa shape index (κ1) is 17.1. The molecule has 3 atom stereocenters.